The summed E-state index contributed by atoms with van der Waals surface area (Å²) < 4.78 is 10.2. The van der Waals surface area contributed by atoms with Gasteiger partial charge in [0, 0.05) is 0 Å². The number of hydrogen-bond donors (Lipinski definition) is 0. The van der Waals surface area contributed by atoms with Gasteiger partial charge in [-0.15, -0.1) is 0 Å². The predicted molar refractivity (Wildman–Crippen MR) is 67.1 cm³/mol. The zero-order valence-electron chi connectivity index (χ0n) is 10.7. The van der Waals surface area contributed by atoms with Gasteiger partial charge in [0.05, 0.1) is 19.3 Å². The third kappa shape index (κ3) is 4.10. The largest absolute Gasteiger partial charge is 0.494 e. The van der Waals surface area contributed by atoms with Crippen molar-refractivity contribution >= 4 is 5.97 Å². The summed E-state index contributed by atoms with van der Waals surface area (Å²) >= 11 is 0. The number of nitriles is 1. The molecule has 1 aromatic carbocycles. The molecule has 0 saturated heterocycles. The third-order valence-corrected chi connectivity index (χ3v) is 2.38. The molecule has 0 spiro atoms. The number of carbonyl (C=O) groups excluding carboxylic acids is 1. The molecule has 0 heterocycles. The summed E-state index contributed by atoms with van der Waals surface area (Å²) in [5.74, 6) is -0.487. The highest BCUT2D eigenvalue weighted by atomic mass is 16.5. The number of benzene rings is 1. The summed E-state index contributed by atoms with van der Waals surface area (Å²) in [5.41, 5.74) is 0.889. The zero-order chi connectivity index (χ0) is 13.4. The van der Waals surface area contributed by atoms with E-state index in [2.05, 4.69) is 0 Å². The average Bonchev–Trinajstić information content (AvgIpc) is 2.37. The Hall–Kier alpha value is -2.02. The maximum atomic E-state index is 11.5. The Balaban J connectivity index is 2.73. The molecular weight excluding hydrogens is 230 g/mol. The van der Waals surface area contributed by atoms with Crippen molar-refractivity contribution < 1.29 is 14.3 Å². The highest BCUT2D eigenvalue weighted by molar-refractivity contribution is 5.75. The first-order chi connectivity index (χ1) is 8.71. The molecule has 1 atom stereocenters. The van der Waals surface area contributed by atoms with Crippen molar-refractivity contribution in [1.82, 2.24) is 0 Å². The highest BCUT2D eigenvalue weighted by Crippen LogP contribution is 2.17. The van der Waals surface area contributed by atoms with Crippen molar-refractivity contribution in [2.24, 2.45) is 5.92 Å². The van der Waals surface area contributed by atoms with Crippen molar-refractivity contribution in [3.8, 4) is 11.8 Å². The third-order valence-electron chi connectivity index (χ3n) is 2.38. The first-order valence-electron chi connectivity index (χ1n) is 5.99. The smallest absolute Gasteiger partial charge is 0.323 e. The van der Waals surface area contributed by atoms with E-state index < -0.39 is 11.9 Å². The molecule has 96 valence electrons. The van der Waals surface area contributed by atoms with Crippen LogP contribution in [0.4, 0.5) is 0 Å². The van der Waals surface area contributed by atoms with E-state index in [1.807, 2.05) is 37.3 Å². The summed E-state index contributed by atoms with van der Waals surface area (Å²) in [6.07, 6.45) is 0.343. The molecule has 0 radical (unpaired) electrons. The Kier molecular flexibility index (Phi) is 5.72. The van der Waals surface area contributed by atoms with Gasteiger partial charge in [-0.1, -0.05) is 12.1 Å². The van der Waals surface area contributed by atoms with E-state index >= 15 is 0 Å². The van der Waals surface area contributed by atoms with Gasteiger partial charge in [-0.3, -0.25) is 4.79 Å². The summed E-state index contributed by atoms with van der Waals surface area (Å²) in [4.78, 5) is 11.5. The molecule has 18 heavy (non-hydrogen) atoms. The number of hydrogen-bond acceptors (Lipinski definition) is 4. The lowest BCUT2D eigenvalue weighted by atomic mass is 10.0. The molecule has 0 fully saturated rings. The lowest BCUT2D eigenvalue weighted by molar-refractivity contribution is -0.145. The maximum Gasteiger partial charge on any atom is 0.323 e. The quantitative estimate of drug-likeness (QED) is 0.724. The van der Waals surface area contributed by atoms with Gasteiger partial charge in [-0.25, -0.2) is 0 Å². The molecule has 0 amide bonds. The molecule has 0 saturated carbocycles. The lowest BCUT2D eigenvalue weighted by Crippen LogP contribution is -2.18. The van der Waals surface area contributed by atoms with Gasteiger partial charge in [0.25, 0.3) is 0 Å². The van der Waals surface area contributed by atoms with Gasteiger partial charge in [0.1, 0.15) is 11.7 Å². The molecule has 1 rings (SSSR count). The van der Waals surface area contributed by atoms with Crippen LogP contribution >= 0.6 is 0 Å². The Morgan fingerprint density at radius 1 is 1.39 bits per heavy atom. The SMILES string of the molecule is CCOC(=O)C(C#N)Cc1cccc(OCC)c1. The normalized spacial score (nSPS) is 11.4. The first kappa shape index (κ1) is 14.0. The van der Waals surface area contributed by atoms with Gasteiger partial charge in [0.2, 0.25) is 0 Å². The van der Waals surface area contributed by atoms with Crippen LogP contribution < -0.4 is 4.74 Å². The molecule has 0 aliphatic heterocycles. The van der Waals surface area contributed by atoms with Crippen LogP contribution in [0.3, 0.4) is 0 Å². The molecule has 0 aliphatic rings. The molecule has 0 aromatic heterocycles. The predicted octanol–water partition coefficient (Wildman–Crippen LogP) is 2.33. The molecule has 0 aliphatic carbocycles. The van der Waals surface area contributed by atoms with Crippen LogP contribution in [0.15, 0.2) is 24.3 Å². The number of ether oxygens (including phenoxy) is 2. The molecule has 0 N–H and O–H groups in total. The van der Waals surface area contributed by atoms with Crippen LogP contribution in [0.1, 0.15) is 19.4 Å². The second-order valence-electron chi connectivity index (χ2n) is 3.72. The van der Waals surface area contributed by atoms with Crippen LogP contribution in [0.2, 0.25) is 0 Å². The van der Waals surface area contributed by atoms with E-state index in [1.54, 1.807) is 6.92 Å². The first-order valence-corrected chi connectivity index (χ1v) is 5.99. The number of nitrogens with zero attached hydrogens (tertiary/aromatic N) is 1. The Morgan fingerprint density at radius 3 is 2.78 bits per heavy atom. The van der Waals surface area contributed by atoms with E-state index in [0.29, 0.717) is 13.0 Å². The van der Waals surface area contributed by atoms with Crippen LogP contribution in [-0.4, -0.2) is 19.2 Å². The summed E-state index contributed by atoms with van der Waals surface area (Å²) in [6.45, 7) is 4.50. The van der Waals surface area contributed by atoms with Gasteiger partial charge in [-0.05, 0) is 38.0 Å². The Bertz CT molecular complexity index is 437. The van der Waals surface area contributed by atoms with Crippen LogP contribution in [0.5, 0.6) is 5.75 Å². The van der Waals surface area contributed by atoms with E-state index in [-0.39, 0.29) is 6.61 Å². The second kappa shape index (κ2) is 7.33. The van der Waals surface area contributed by atoms with Crippen molar-refractivity contribution in [2.75, 3.05) is 13.2 Å². The topological polar surface area (TPSA) is 59.3 Å². The molecule has 1 unspecified atom stereocenters. The fraction of sp³-hybridized carbons (Fsp3) is 0.429. The molecule has 4 heteroatoms. The van der Waals surface area contributed by atoms with Crippen molar-refractivity contribution in [1.29, 1.82) is 5.26 Å². The van der Waals surface area contributed by atoms with E-state index in [0.717, 1.165) is 11.3 Å². The number of carbonyl (C=O) groups is 1. The minimum atomic E-state index is -0.762. The summed E-state index contributed by atoms with van der Waals surface area (Å²) in [5, 5.41) is 8.97. The zero-order valence-corrected chi connectivity index (χ0v) is 10.7. The minimum Gasteiger partial charge on any atom is -0.494 e. The van der Waals surface area contributed by atoms with Gasteiger partial charge in [-0.2, -0.15) is 5.26 Å². The average molecular weight is 247 g/mol. The molecule has 1 aromatic rings. The van der Waals surface area contributed by atoms with Gasteiger partial charge < -0.3 is 9.47 Å². The van der Waals surface area contributed by atoms with Crippen molar-refractivity contribution in [2.45, 2.75) is 20.3 Å². The lowest BCUT2D eigenvalue weighted by Gasteiger charge is -2.09. The minimum absolute atomic E-state index is 0.288. The fourth-order valence-corrected chi connectivity index (χ4v) is 1.59. The standard InChI is InChI=1S/C14H17NO3/c1-3-17-13-7-5-6-11(9-13)8-12(10-15)14(16)18-4-2/h5-7,9,12H,3-4,8H2,1-2H3. The van der Waals surface area contributed by atoms with Gasteiger partial charge in [0.15, 0.2) is 0 Å². The molecular formula is C14H17NO3. The number of esters is 1. The van der Waals surface area contributed by atoms with E-state index in [4.69, 9.17) is 14.7 Å². The van der Waals surface area contributed by atoms with Crippen LogP contribution in [0, 0.1) is 17.2 Å². The fourth-order valence-electron chi connectivity index (χ4n) is 1.59. The second-order valence-corrected chi connectivity index (χ2v) is 3.72. The van der Waals surface area contributed by atoms with Crippen molar-refractivity contribution in [3.63, 3.8) is 0 Å². The van der Waals surface area contributed by atoms with E-state index in [9.17, 15) is 4.79 Å². The highest BCUT2D eigenvalue weighted by Gasteiger charge is 2.19. The van der Waals surface area contributed by atoms with Crippen LogP contribution in [-0.2, 0) is 16.0 Å². The Labute approximate surface area is 107 Å². The molecule has 4 nitrogen and oxygen atoms in total. The number of rotatable bonds is 6. The van der Waals surface area contributed by atoms with E-state index in [1.165, 1.54) is 0 Å². The molecule has 0 bridgehead atoms. The monoisotopic (exact) mass is 247 g/mol. The van der Waals surface area contributed by atoms with Gasteiger partial charge >= 0.3 is 5.97 Å². The summed E-state index contributed by atoms with van der Waals surface area (Å²) in [6, 6.07) is 9.37. The van der Waals surface area contributed by atoms with Crippen LogP contribution in [0.25, 0.3) is 0 Å². The maximum absolute atomic E-state index is 11.5. The summed E-state index contributed by atoms with van der Waals surface area (Å²) in [7, 11) is 0. The van der Waals surface area contributed by atoms with Crippen molar-refractivity contribution in [3.05, 3.63) is 29.8 Å². The Morgan fingerprint density at radius 2 is 2.17 bits per heavy atom.